The van der Waals surface area contributed by atoms with Crippen molar-refractivity contribution in [2.24, 2.45) is 5.73 Å². The molecule has 0 radical (unpaired) electrons. The first-order chi connectivity index (χ1) is 7.13. The van der Waals surface area contributed by atoms with Crippen molar-refractivity contribution in [3.05, 3.63) is 22.2 Å². The molecule has 0 fully saturated rings. The maximum atomic E-state index is 8.98. The monoisotopic (exact) mass is 275 g/mol. The maximum Gasteiger partial charge on any atom is 0.161 e. The van der Waals surface area contributed by atoms with E-state index in [4.69, 9.17) is 20.3 Å². The summed E-state index contributed by atoms with van der Waals surface area (Å²) in [6.07, 6.45) is 0. The van der Waals surface area contributed by atoms with Crippen molar-refractivity contribution < 1.29 is 14.6 Å². The zero-order valence-corrected chi connectivity index (χ0v) is 10.2. The second kappa shape index (κ2) is 5.34. The normalized spacial score (nSPS) is 12.3. The third-order valence-electron chi connectivity index (χ3n) is 2.10. The molecule has 0 spiro atoms. The molecule has 0 aliphatic rings. The molecule has 1 aromatic rings. The van der Waals surface area contributed by atoms with Gasteiger partial charge < -0.3 is 20.3 Å². The number of hydrogen-bond donors (Lipinski definition) is 2. The summed E-state index contributed by atoms with van der Waals surface area (Å²) in [4.78, 5) is 0. The Morgan fingerprint density at radius 1 is 1.33 bits per heavy atom. The average molecular weight is 276 g/mol. The lowest BCUT2D eigenvalue weighted by molar-refractivity contribution is 0.267. The molecule has 84 valence electrons. The number of methoxy groups -OCH3 is 2. The highest BCUT2D eigenvalue weighted by Crippen LogP contribution is 2.35. The molecule has 0 saturated heterocycles. The highest BCUT2D eigenvalue weighted by Gasteiger charge is 2.14. The third-order valence-corrected chi connectivity index (χ3v) is 2.79. The molecule has 5 heteroatoms. The van der Waals surface area contributed by atoms with Gasteiger partial charge in [0, 0.05) is 4.47 Å². The van der Waals surface area contributed by atoms with Gasteiger partial charge in [-0.05, 0) is 17.7 Å². The second-order valence-electron chi connectivity index (χ2n) is 3.02. The fourth-order valence-electron chi connectivity index (χ4n) is 1.25. The van der Waals surface area contributed by atoms with E-state index in [0.717, 1.165) is 10.0 Å². The van der Waals surface area contributed by atoms with Gasteiger partial charge in [-0.1, -0.05) is 15.9 Å². The van der Waals surface area contributed by atoms with E-state index in [1.807, 2.05) is 0 Å². The Balaban J connectivity index is 3.19. The summed E-state index contributed by atoms with van der Waals surface area (Å²) in [5.74, 6) is 1.22. The standard InChI is InChI=1S/C10H14BrNO3/c1-14-9-3-6(8(12)5-13)7(11)4-10(9)15-2/h3-4,8,13H,5,12H2,1-2H3. The second-order valence-corrected chi connectivity index (χ2v) is 3.87. The predicted octanol–water partition coefficient (Wildman–Crippen LogP) is 1.46. The summed E-state index contributed by atoms with van der Waals surface area (Å²) in [5.41, 5.74) is 6.52. The Bertz CT molecular complexity index is 344. The molecule has 0 aliphatic heterocycles. The van der Waals surface area contributed by atoms with Gasteiger partial charge in [0.1, 0.15) is 0 Å². The molecule has 15 heavy (non-hydrogen) atoms. The highest BCUT2D eigenvalue weighted by atomic mass is 79.9. The van der Waals surface area contributed by atoms with E-state index in [0.29, 0.717) is 11.5 Å². The number of aliphatic hydroxyl groups is 1. The van der Waals surface area contributed by atoms with Crippen LogP contribution in [0.1, 0.15) is 11.6 Å². The summed E-state index contributed by atoms with van der Waals surface area (Å²) >= 11 is 3.37. The van der Waals surface area contributed by atoms with Crippen LogP contribution in [0.5, 0.6) is 11.5 Å². The largest absolute Gasteiger partial charge is 0.493 e. The van der Waals surface area contributed by atoms with Crippen LogP contribution < -0.4 is 15.2 Å². The lowest BCUT2D eigenvalue weighted by Crippen LogP contribution is -2.15. The molecule has 0 saturated carbocycles. The zero-order chi connectivity index (χ0) is 11.4. The molecule has 1 atom stereocenters. The van der Waals surface area contributed by atoms with Gasteiger partial charge in [0.15, 0.2) is 11.5 Å². The maximum absolute atomic E-state index is 8.98. The molecule has 0 bridgehead atoms. The number of ether oxygens (including phenoxy) is 2. The van der Waals surface area contributed by atoms with Crippen LogP contribution in [0.15, 0.2) is 16.6 Å². The molecule has 1 unspecified atom stereocenters. The minimum absolute atomic E-state index is 0.117. The van der Waals surface area contributed by atoms with E-state index in [2.05, 4.69) is 15.9 Å². The molecule has 0 amide bonds. The van der Waals surface area contributed by atoms with Crippen molar-refractivity contribution in [3.63, 3.8) is 0 Å². The Kier molecular flexibility index (Phi) is 4.38. The minimum Gasteiger partial charge on any atom is -0.493 e. The Morgan fingerprint density at radius 3 is 2.33 bits per heavy atom. The van der Waals surface area contributed by atoms with Crippen LogP contribution in [0.4, 0.5) is 0 Å². The van der Waals surface area contributed by atoms with E-state index >= 15 is 0 Å². The Morgan fingerprint density at radius 2 is 1.87 bits per heavy atom. The van der Waals surface area contributed by atoms with Gasteiger partial charge in [0.2, 0.25) is 0 Å². The van der Waals surface area contributed by atoms with Crippen LogP contribution in [0.25, 0.3) is 0 Å². The number of halogens is 1. The predicted molar refractivity (Wildman–Crippen MR) is 61.3 cm³/mol. The molecule has 0 aliphatic carbocycles. The molecule has 0 heterocycles. The van der Waals surface area contributed by atoms with Gasteiger partial charge in [0.05, 0.1) is 26.9 Å². The summed E-state index contributed by atoms with van der Waals surface area (Å²) in [5, 5.41) is 8.98. The van der Waals surface area contributed by atoms with Crippen molar-refractivity contribution in [3.8, 4) is 11.5 Å². The van der Waals surface area contributed by atoms with Gasteiger partial charge in [-0.25, -0.2) is 0 Å². The lowest BCUT2D eigenvalue weighted by atomic mass is 10.1. The van der Waals surface area contributed by atoms with Gasteiger partial charge in [0.25, 0.3) is 0 Å². The average Bonchev–Trinajstić information content (AvgIpc) is 2.27. The first-order valence-corrected chi connectivity index (χ1v) is 5.21. The van der Waals surface area contributed by atoms with E-state index < -0.39 is 6.04 Å². The summed E-state index contributed by atoms with van der Waals surface area (Å²) in [7, 11) is 3.12. The number of aliphatic hydroxyl groups excluding tert-OH is 1. The van der Waals surface area contributed by atoms with Gasteiger partial charge in [-0.2, -0.15) is 0 Å². The van der Waals surface area contributed by atoms with E-state index in [9.17, 15) is 0 Å². The molecule has 4 nitrogen and oxygen atoms in total. The Labute approximate surface area is 97.1 Å². The number of rotatable bonds is 4. The highest BCUT2D eigenvalue weighted by molar-refractivity contribution is 9.10. The Hall–Kier alpha value is -0.780. The topological polar surface area (TPSA) is 64.7 Å². The number of hydrogen-bond acceptors (Lipinski definition) is 4. The molecule has 1 rings (SSSR count). The van der Waals surface area contributed by atoms with Crippen LogP contribution in [-0.4, -0.2) is 25.9 Å². The smallest absolute Gasteiger partial charge is 0.161 e. The van der Waals surface area contributed by atoms with Crippen LogP contribution in [-0.2, 0) is 0 Å². The minimum atomic E-state index is -0.431. The van der Waals surface area contributed by atoms with Gasteiger partial charge >= 0.3 is 0 Å². The first kappa shape index (κ1) is 12.3. The van der Waals surface area contributed by atoms with E-state index in [1.54, 1.807) is 26.4 Å². The SMILES string of the molecule is COc1cc(Br)c(C(N)CO)cc1OC. The van der Waals surface area contributed by atoms with Crippen molar-refractivity contribution in [2.75, 3.05) is 20.8 Å². The summed E-state index contributed by atoms with van der Waals surface area (Å²) in [6.45, 7) is -0.117. The molecule has 0 aromatic heterocycles. The molecular weight excluding hydrogens is 262 g/mol. The van der Waals surface area contributed by atoms with Crippen molar-refractivity contribution in [1.82, 2.24) is 0 Å². The summed E-state index contributed by atoms with van der Waals surface area (Å²) < 4.78 is 11.1. The molecule has 1 aromatic carbocycles. The van der Waals surface area contributed by atoms with Crippen LogP contribution in [0, 0.1) is 0 Å². The zero-order valence-electron chi connectivity index (χ0n) is 8.66. The fraction of sp³-hybridized carbons (Fsp3) is 0.400. The van der Waals surface area contributed by atoms with Crippen molar-refractivity contribution >= 4 is 15.9 Å². The molecular formula is C10H14BrNO3. The summed E-state index contributed by atoms with van der Waals surface area (Å²) in [6, 6.07) is 3.09. The third kappa shape index (κ3) is 2.62. The van der Waals surface area contributed by atoms with E-state index in [1.165, 1.54) is 0 Å². The van der Waals surface area contributed by atoms with Crippen molar-refractivity contribution in [1.29, 1.82) is 0 Å². The van der Waals surface area contributed by atoms with E-state index in [-0.39, 0.29) is 6.61 Å². The van der Waals surface area contributed by atoms with Crippen LogP contribution >= 0.6 is 15.9 Å². The number of nitrogens with two attached hydrogens (primary N) is 1. The van der Waals surface area contributed by atoms with Crippen molar-refractivity contribution in [2.45, 2.75) is 6.04 Å². The fourth-order valence-corrected chi connectivity index (χ4v) is 1.87. The lowest BCUT2D eigenvalue weighted by Gasteiger charge is -2.15. The van der Waals surface area contributed by atoms with Gasteiger partial charge in [-0.15, -0.1) is 0 Å². The van der Waals surface area contributed by atoms with Crippen LogP contribution in [0.2, 0.25) is 0 Å². The quantitative estimate of drug-likeness (QED) is 0.873. The number of benzene rings is 1. The molecule has 3 N–H and O–H groups in total. The van der Waals surface area contributed by atoms with Crippen LogP contribution in [0.3, 0.4) is 0 Å². The van der Waals surface area contributed by atoms with Gasteiger partial charge in [-0.3, -0.25) is 0 Å². The first-order valence-electron chi connectivity index (χ1n) is 4.41.